The number of unbranched alkanes of at least 4 members (excludes halogenated alkanes) is 2. The van der Waals surface area contributed by atoms with Crippen molar-refractivity contribution in [3.63, 3.8) is 0 Å². The van der Waals surface area contributed by atoms with Crippen molar-refractivity contribution < 1.29 is 19.1 Å². The summed E-state index contributed by atoms with van der Waals surface area (Å²) in [5.41, 5.74) is -0.464. The summed E-state index contributed by atoms with van der Waals surface area (Å²) >= 11 is 0. The topological polar surface area (TPSA) is 62.3 Å². The number of rotatable bonds is 6. The lowest BCUT2D eigenvalue weighted by Gasteiger charge is -2.31. The summed E-state index contributed by atoms with van der Waals surface area (Å²) in [5, 5.41) is 0. The van der Waals surface area contributed by atoms with Crippen LogP contribution in [-0.4, -0.2) is 85.9 Å². The maximum atomic E-state index is 12.2. The smallest absolute Gasteiger partial charge is 0.410 e. The second kappa shape index (κ2) is 9.71. The van der Waals surface area contributed by atoms with E-state index in [2.05, 4.69) is 0 Å². The van der Waals surface area contributed by atoms with Crippen LogP contribution in [0.3, 0.4) is 0 Å². The Morgan fingerprint density at radius 1 is 1.00 bits per heavy atom. The standard InChI is InChI=1S/C17H33N3O4/c1-17(2,3)24-16(22)19(5)10-8-6-7-9-18(4)15(21)20-11-13-23-14-12-20/h6-14H2,1-5H3. The third-order valence-corrected chi connectivity index (χ3v) is 3.80. The van der Waals surface area contributed by atoms with Crippen LogP contribution < -0.4 is 0 Å². The quantitative estimate of drug-likeness (QED) is 0.695. The first kappa shape index (κ1) is 20.5. The van der Waals surface area contributed by atoms with Crippen molar-refractivity contribution in [2.75, 3.05) is 53.5 Å². The van der Waals surface area contributed by atoms with Crippen LogP contribution in [0.5, 0.6) is 0 Å². The lowest BCUT2D eigenvalue weighted by Crippen LogP contribution is -2.47. The Bertz CT molecular complexity index is 403. The Labute approximate surface area is 145 Å². The number of hydrogen-bond donors (Lipinski definition) is 0. The molecule has 140 valence electrons. The molecule has 0 atom stereocenters. The van der Waals surface area contributed by atoms with E-state index in [-0.39, 0.29) is 12.1 Å². The van der Waals surface area contributed by atoms with Crippen LogP contribution in [-0.2, 0) is 9.47 Å². The lowest BCUT2D eigenvalue weighted by molar-refractivity contribution is 0.0296. The molecule has 7 heteroatoms. The highest BCUT2D eigenvalue weighted by atomic mass is 16.6. The average Bonchev–Trinajstić information content (AvgIpc) is 2.52. The van der Waals surface area contributed by atoms with Crippen LogP contribution in [0.25, 0.3) is 0 Å². The molecule has 0 aromatic carbocycles. The van der Waals surface area contributed by atoms with Crippen molar-refractivity contribution in [3.8, 4) is 0 Å². The number of urea groups is 1. The molecule has 0 radical (unpaired) electrons. The number of nitrogens with zero attached hydrogens (tertiary/aromatic N) is 3. The van der Waals surface area contributed by atoms with Crippen LogP contribution in [0.4, 0.5) is 9.59 Å². The first-order valence-electron chi connectivity index (χ1n) is 8.72. The summed E-state index contributed by atoms with van der Waals surface area (Å²) in [4.78, 5) is 29.3. The van der Waals surface area contributed by atoms with Gasteiger partial charge in [-0.1, -0.05) is 0 Å². The molecule has 1 aliphatic rings. The van der Waals surface area contributed by atoms with Gasteiger partial charge in [-0.05, 0) is 40.0 Å². The molecule has 3 amide bonds. The maximum Gasteiger partial charge on any atom is 0.410 e. The fourth-order valence-corrected chi connectivity index (χ4v) is 2.40. The molecule has 0 bridgehead atoms. The summed E-state index contributed by atoms with van der Waals surface area (Å²) in [5.74, 6) is 0. The van der Waals surface area contributed by atoms with E-state index in [1.54, 1.807) is 16.8 Å². The van der Waals surface area contributed by atoms with Crippen molar-refractivity contribution in [3.05, 3.63) is 0 Å². The van der Waals surface area contributed by atoms with Gasteiger partial charge in [-0.15, -0.1) is 0 Å². The highest BCUT2D eigenvalue weighted by Gasteiger charge is 2.20. The zero-order chi connectivity index (χ0) is 18.2. The van der Waals surface area contributed by atoms with E-state index in [4.69, 9.17) is 9.47 Å². The van der Waals surface area contributed by atoms with E-state index in [9.17, 15) is 9.59 Å². The van der Waals surface area contributed by atoms with Crippen molar-refractivity contribution in [2.24, 2.45) is 0 Å². The van der Waals surface area contributed by atoms with E-state index >= 15 is 0 Å². The Kier molecular flexibility index (Phi) is 8.31. The van der Waals surface area contributed by atoms with Gasteiger partial charge in [-0.3, -0.25) is 0 Å². The zero-order valence-electron chi connectivity index (χ0n) is 15.8. The predicted octanol–water partition coefficient (Wildman–Crippen LogP) is 2.41. The van der Waals surface area contributed by atoms with Gasteiger partial charge < -0.3 is 24.2 Å². The Balaban J connectivity index is 2.14. The highest BCUT2D eigenvalue weighted by Crippen LogP contribution is 2.10. The Morgan fingerprint density at radius 3 is 2.08 bits per heavy atom. The van der Waals surface area contributed by atoms with Crippen molar-refractivity contribution in [1.82, 2.24) is 14.7 Å². The van der Waals surface area contributed by atoms with Gasteiger partial charge in [0.1, 0.15) is 5.60 Å². The normalized spacial score (nSPS) is 15.1. The van der Waals surface area contributed by atoms with Gasteiger partial charge in [-0.2, -0.15) is 0 Å². The number of carbonyl (C=O) groups excluding carboxylic acids is 2. The van der Waals surface area contributed by atoms with E-state index in [1.165, 1.54) is 0 Å². The molecule has 0 unspecified atom stereocenters. The molecule has 24 heavy (non-hydrogen) atoms. The number of ether oxygens (including phenoxy) is 2. The van der Waals surface area contributed by atoms with E-state index in [0.29, 0.717) is 32.8 Å². The molecule has 0 aromatic heterocycles. The van der Waals surface area contributed by atoms with Crippen molar-refractivity contribution >= 4 is 12.1 Å². The minimum Gasteiger partial charge on any atom is -0.444 e. The molecule has 0 N–H and O–H groups in total. The van der Waals surface area contributed by atoms with Crippen LogP contribution >= 0.6 is 0 Å². The van der Waals surface area contributed by atoms with Gasteiger partial charge in [0.05, 0.1) is 13.2 Å². The minimum atomic E-state index is -0.464. The van der Waals surface area contributed by atoms with Crippen LogP contribution in [0.15, 0.2) is 0 Å². The fourth-order valence-electron chi connectivity index (χ4n) is 2.40. The van der Waals surface area contributed by atoms with Crippen molar-refractivity contribution in [1.29, 1.82) is 0 Å². The zero-order valence-corrected chi connectivity index (χ0v) is 15.8. The van der Waals surface area contributed by atoms with E-state index < -0.39 is 5.60 Å². The van der Waals surface area contributed by atoms with Gasteiger partial charge in [0.2, 0.25) is 0 Å². The number of hydrogen-bond acceptors (Lipinski definition) is 4. The molecule has 0 saturated carbocycles. The molecule has 0 aliphatic carbocycles. The second-order valence-electron chi connectivity index (χ2n) is 7.27. The monoisotopic (exact) mass is 343 g/mol. The van der Waals surface area contributed by atoms with Gasteiger partial charge in [0, 0.05) is 40.3 Å². The summed E-state index contributed by atoms with van der Waals surface area (Å²) in [6.07, 6.45) is 2.50. The average molecular weight is 343 g/mol. The molecular formula is C17H33N3O4. The van der Waals surface area contributed by atoms with E-state index in [0.717, 1.165) is 25.8 Å². The maximum absolute atomic E-state index is 12.2. The van der Waals surface area contributed by atoms with Crippen LogP contribution in [0, 0.1) is 0 Å². The lowest BCUT2D eigenvalue weighted by atomic mass is 10.2. The summed E-state index contributed by atoms with van der Waals surface area (Å²) in [6, 6.07) is 0.0733. The first-order chi connectivity index (χ1) is 11.2. The molecule has 1 rings (SSSR count). The van der Waals surface area contributed by atoms with E-state index in [1.807, 2.05) is 32.7 Å². The van der Waals surface area contributed by atoms with Gasteiger partial charge in [0.25, 0.3) is 0 Å². The molecular weight excluding hydrogens is 310 g/mol. The third kappa shape index (κ3) is 7.86. The first-order valence-corrected chi connectivity index (χ1v) is 8.72. The Morgan fingerprint density at radius 2 is 1.54 bits per heavy atom. The number of carbonyl (C=O) groups is 2. The molecule has 7 nitrogen and oxygen atoms in total. The van der Waals surface area contributed by atoms with Crippen LogP contribution in [0.2, 0.25) is 0 Å². The summed E-state index contributed by atoms with van der Waals surface area (Å²) < 4.78 is 10.6. The van der Waals surface area contributed by atoms with Crippen molar-refractivity contribution in [2.45, 2.75) is 45.6 Å². The largest absolute Gasteiger partial charge is 0.444 e. The highest BCUT2D eigenvalue weighted by molar-refractivity contribution is 5.74. The molecule has 0 spiro atoms. The SMILES string of the molecule is CN(CCCCCN(C)C(=O)N1CCOCC1)C(=O)OC(C)(C)C. The third-order valence-electron chi connectivity index (χ3n) is 3.80. The molecule has 1 heterocycles. The molecule has 0 aromatic rings. The predicted molar refractivity (Wildman–Crippen MR) is 93.1 cm³/mol. The van der Waals surface area contributed by atoms with Gasteiger partial charge in [0.15, 0.2) is 0 Å². The minimum absolute atomic E-state index is 0.0733. The number of morpholine rings is 1. The molecule has 1 saturated heterocycles. The Hall–Kier alpha value is -1.50. The number of amides is 3. The summed E-state index contributed by atoms with van der Waals surface area (Å²) in [6.45, 7) is 9.56. The molecule has 1 aliphatic heterocycles. The van der Waals surface area contributed by atoms with Crippen LogP contribution in [0.1, 0.15) is 40.0 Å². The molecule has 1 fully saturated rings. The van der Waals surface area contributed by atoms with Gasteiger partial charge >= 0.3 is 12.1 Å². The second-order valence-corrected chi connectivity index (χ2v) is 7.27. The fraction of sp³-hybridized carbons (Fsp3) is 0.882. The van der Waals surface area contributed by atoms with Gasteiger partial charge in [-0.25, -0.2) is 9.59 Å². The summed E-state index contributed by atoms with van der Waals surface area (Å²) in [7, 11) is 3.59.